The van der Waals surface area contributed by atoms with Gasteiger partial charge < -0.3 is 30.5 Å². The number of hydrogen-bond acceptors (Lipinski definition) is 10. The van der Waals surface area contributed by atoms with Crippen LogP contribution >= 0.6 is 0 Å². The van der Waals surface area contributed by atoms with Crippen LogP contribution in [0.25, 0.3) is 0 Å². The second-order valence-electron chi connectivity index (χ2n) is 10.4. The zero-order valence-electron chi connectivity index (χ0n) is 22.4. The number of aliphatic hydroxyl groups is 1. The zero-order chi connectivity index (χ0) is 28.6. The van der Waals surface area contributed by atoms with Crippen molar-refractivity contribution in [3.63, 3.8) is 0 Å². The van der Waals surface area contributed by atoms with Crippen LogP contribution in [0.5, 0.6) is 5.88 Å². The van der Waals surface area contributed by atoms with E-state index in [9.17, 15) is 23.9 Å². The predicted octanol–water partition coefficient (Wildman–Crippen LogP) is 1.05. The lowest BCUT2D eigenvalue weighted by molar-refractivity contribution is -0.120. The summed E-state index contributed by atoms with van der Waals surface area (Å²) in [5, 5.41) is 19.4. The Morgan fingerprint density at radius 3 is 2.92 bits per heavy atom. The Bertz CT molecular complexity index is 1320. The van der Waals surface area contributed by atoms with Crippen LogP contribution in [-0.4, -0.2) is 90.4 Å². The molecule has 40 heavy (non-hydrogen) atoms. The molecule has 5 rings (SSSR count). The summed E-state index contributed by atoms with van der Waals surface area (Å²) in [6.07, 6.45) is 0.402. The van der Waals surface area contributed by atoms with Crippen molar-refractivity contribution in [2.24, 2.45) is 5.92 Å². The van der Waals surface area contributed by atoms with Crippen molar-refractivity contribution in [3.8, 4) is 5.88 Å². The van der Waals surface area contributed by atoms with Crippen LogP contribution in [0.15, 0.2) is 18.3 Å². The van der Waals surface area contributed by atoms with Crippen molar-refractivity contribution in [2.45, 2.75) is 38.0 Å². The highest BCUT2D eigenvalue weighted by atomic mass is 19.1. The Morgan fingerprint density at radius 1 is 1.35 bits per heavy atom. The third-order valence-electron chi connectivity index (χ3n) is 7.41. The fraction of sp³-hybridized carbons (Fsp3) is 0.500. The van der Waals surface area contributed by atoms with E-state index in [0.717, 1.165) is 0 Å². The first-order valence-corrected chi connectivity index (χ1v) is 13.1. The van der Waals surface area contributed by atoms with E-state index in [4.69, 9.17) is 9.47 Å². The van der Waals surface area contributed by atoms with Crippen LogP contribution in [0.3, 0.4) is 0 Å². The van der Waals surface area contributed by atoms with Crippen molar-refractivity contribution in [1.82, 2.24) is 20.2 Å². The molecule has 2 unspecified atom stereocenters. The topological polar surface area (TPSA) is 158 Å². The first-order valence-electron chi connectivity index (χ1n) is 13.1. The summed E-state index contributed by atoms with van der Waals surface area (Å²) in [4.78, 5) is 47.8. The highest BCUT2D eigenvalue weighted by Gasteiger charge is 2.36. The number of likely N-dealkylation sites (N-methyl/N-ethyl adjacent to an activating group) is 1. The summed E-state index contributed by atoms with van der Waals surface area (Å²) < 4.78 is 25.5. The Morgan fingerprint density at radius 2 is 2.15 bits per heavy atom. The summed E-state index contributed by atoms with van der Waals surface area (Å²) in [6.45, 7) is 2.78. The number of amides is 3. The first kappa shape index (κ1) is 27.7. The number of anilines is 3. The van der Waals surface area contributed by atoms with Crippen LogP contribution in [0.4, 0.5) is 26.5 Å². The molecule has 1 fully saturated rings. The largest absolute Gasteiger partial charge is 0.465 e. The lowest BCUT2D eigenvalue weighted by atomic mass is 10.0. The molecule has 214 valence electrons. The fourth-order valence-corrected chi connectivity index (χ4v) is 4.90. The Kier molecular flexibility index (Phi) is 7.83. The van der Waals surface area contributed by atoms with E-state index in [2.05, 4.69) is 25.9 Å². The first-order chi connectivity index (χ1) is 19.1. The molecule has 0 bridgehead atoms. The number of cyclic esters (lactones) is 1. The average molecular weight is 558 g/mol. The molecule has 14 heteroatoms. The Hall–Kier alpha value is -3.88. The van der Waals surface area contributed by atoms with Crippen LogP contribution in [0.2, 0.25) is 0 Å². The van der Waals surface area contributed by atoms with E-state index in [1.54, 1.807) is 32.0 Å². The van der Waals surface area contributed by atoms with Crippen LogP contribution < -0.4 is 25.6 Å². The number of benzene rings is 1. The van der Waals surface area contributed by atoms with Gasteiger partial charge in [-0.15, -0.1) is 0 Å². The number of aromatic nitrogens is 2. The van der Waals surface area contributed by atoms with Gasteiger partial charge in [0.05, 0.1) is 24.9 Å². The quantitative estimate of drug-likeness (QED) is 0.328. The molecular formula is C26H32FN7O6. The molecule has 0 radical (unpaired) electrons. The standard InChI is InChI=1S/C26H32FN7O6/c1-13(33(2)3)24(37)30-15-7-18-17(19(27)8-15)6-14(22(18)36)9-28-5-4-16-11-34(26(38)40-16)20-10-29-25-23(31-20)32-21(35)12-39-25/h7-8,10,13-14,16,22,28,36H,4-6,9,11-12H2,1-3H3,(H,30,37)(H,31,32,35)/t13-,14?,16-,22?/m1/s1. The molecule has 3 heterocycles. The molecule has 2 aromatic rings. The number of carbonyl (C=O) groups excluding carboxylic acids is 3. The van der Waals surface area contributed by atoms with Crippen molar-refractivity contribution in [3.05, 3.63) is 35.3 Å². The van der Waals surface area contributed by atoms with E-state index in [1.165, 1.54) is 17.2 Å². The number of fused-ring (bicyclic) bond motifs is 2. The van der Waals surface area contributed by atoms with E-state index in [0.29, 0.717) is 42.7 Å². The van der Waals surface area contributed by atoms with E-state index in [1.807, 2.05) is 0 Å². The maximum absolute atomic E-state index is 14.8. The van der Waals surface area contributed by atoms with Crippen LogP contribution in [0.1, 0.15) is 30.6 Å². The number of carbonyl (C=O) groups is 3. The highest BCUT2D eigenvalue weighted by molar-refractivity contribution is 5.95. The molecule has 0 spiro atoms. The van der Waals surface area contributed by atoms with Gasteiger partial charge in [0, 0.05) is 18.2 Å². The fourth-order valence-electron chi connectivity index (χ4n) is 4.90. The second-order valence-corrected chi connectivity index (χ2v) is 10.4. The number of rotatable bonds is 9. The molecule has 3 amide bonds. The molecule has 4 atom stereocenters. The van der Waals surface area contributed by atoms with Gasteiger partial charge in [-0.1, -0.05) is 0 Å². The molecule has 13 nitrogen and oxygen atoms in total. The van der Waals surface area contributed by atoms with Gasteiger partial charge in [0.2, 0.25) is 5.91 Å². The molecule has 1 aromatic heterocycles. The van der Waals surface area contributed by atoms with Crippen molar-refractivity contribution in [2.75, 3.05) is 55.9 Å². The molecular weight excluding hydrogens is 525 g/mol. The number of aliphatic hydroxyl groups excluding tert-OH is 1. The van der Waals surface area contributed by atoms with Gasteiger partial charge in [-0.3, -0.25) is 19.4 Å². The minimum absolute atomic E-state index is 0.142. The Balaban J connectivity index is 1.11. The van der Waals surface area contributed by atoms with Crippen molar-refractivity contribution < 1.29 is 33.4 Å². The third-order valence-corrected chi connectivity index (χ3v) is 7.41. The summed E-state index contributed by atoms with van der Waals surface area (Å²) in [5.74, 6) is -0.744. The molecule has 2 aliphatic heterocycles. The van der Waals surface area contributed by atoms with Gasteiger partial charge in [-0.2, -0.15) is 0 Å². The van der Waals surface area contributed by atoms with Gasteiger partial charge in [0.25, 0.3) is 11.8 Å². The molecule has 1 aromatic carbocycles. The van der Waals surface area contributed by atoms with Gasteiger partial charge in [0.1, 0.15) is 11.9 Å². The van der Waals surface area contributed by atoms with E-state index < -0.39 is 30.2 Å². The summed E-state index contributed by atoms with van der Waals surface area (Å²) in [5.41, 5.74) is 1.24. The summed E-state index contributed by atoms with van der Waals surface area (Å²) >= 11 is 0. The predicted molar refractivity (Wildman–Crippen MR) is 142 cm³/mol. The minimum atomic E-state index is -0.882. The van der Waals surface area contributed by atoms with E-state index in [-0.39, 0.29) is 48.4 Å². The molecule has 0 saturated carbocycles. The lowest BCUT2D eigenvalue weighted by Crippen LogP contribution is -2.37. The molecule has 3 aliphatic rings. The summed E-state index contributed by atoms with van der Waals surface area (Å²) in [6, 6.07) is 2.53. The molecule has 1 saturated heterocycles. The molecule has 1 aliphatic carbocycles. The number of ether oxygens (including phenoxy) is 2. The smallest absolute Gasteiger partial charge is 0.415 e. The van der Waals surface area contributed by atoms with Crippen molar-refractivity contribution in [1.29, 1.82) is 0 Å². The number of hydrogen-bond donors (Lipinski definition) is 4. The maximum Gasteiger partial charge on any atom is 0.415 e. The van der Waals surface area contributed by atoms with Crippen LogP contribution in [-0.2, 0) is 20.7 Å². The van der Waals surface area contributed by atoms with E-state index >= 15 is 0 Å². The second kappa shape index (κ2) is 11.3. The lowest BCUT2D eigenvalue weighted by Gasteiger charge is -2.19. The number of halogens is 1. The number of nitrogens with one attached hydrogen (secondary N) is 3. The van der Waals surface area contributed by atoms with Gasteiger partial charge in [-0.25, -0.2) is 19.2 Å². The maximum atomic E-state index is 14.8. The SMILES string of the molecule is C[C@H](C(=O)Nc1cc(F)c2c(c1)C(O)C(CNCC[C@@H]1CN(c3cnc4c(n3)NC(=O)CO4)C(=O)O1)C2)N(C)C. The summed E-state index contributed by atoms with van der Waals surface area (Å²) in [7, 11) is 3.56. The average Bonchev–Trinajstić information content (AvgIpc) is 3.45. The monoisotopic (exact) mass is 557 g/mol. The minimum Gasteiger partial charge on any atom is -0.465 e. The third kappa shape index (κ3) is 5.69. The van der Waals surface area contributed by atoms with Gasteiger partial charge >= 0.3 is 6.09 Å². The van der Waals surface area contributed by atoms with Gasteiger partial charge in [0.15, 0.2) is 18.2 Å². The normalized spacial score (nSPS) is 22.4. The Labute approximate surface area is 230 Å². The van der Waals surface area contributed by atoms with Crippen LogP contribution in [0, 0.1) is 11.7 Å². The van der Waals surface area contributed by atoms with Gasteiger partial charge in [-0.05, 0) is 63.7 Å². The number of nitrogens with zero attached hydrogens (tertiary/aromatic N) is 4. The zero-order valence-corrected chi connectivity index (χ0v) is 22.4. The van der Waals surface area contributed by atoms with Crippen molar-refractivity contribution >= 4 is 35.2 Å². The highest BCUT2D eigenvalue weighted by Crippen LogP contribution is 2.39. The molecule has 4 N–H and O–H groups in total.